The van der Waals surface area contributed by atoms with Gasteiger partial charge < -0.3 is 20.6 Å². The zero-order valence-corrected chi connectivity index (χ0v) is 19.1. The predicted octanol–water partition coefficient (Wildman–Crippen LogP) is 2.27. The van der Waals surface area contributed by atoms with Crippen molar-refractivity contribution in [1.82, 2.24) is 39.0 Å². The molecule has 4 N–H and O–H groups in total. The molecule has 34 heavy (non-hydrogen) atoms. The van der Waals surface area contributed by atoms with Crippen LogP contribution in [-0.4, -0.2) is 50.2 Å². The third-order valence-corrected chi connectivity index (χ3v) is 7.99. The Kier molecular flexibility index (Phi) is 4.54. The molecule has 2 aliphatic rings. The maximum atomic E-state index is 13.7. The normalized spacial score (nSPS) is 18.4. The van der Waals surface area contributed by atoms with Crippen molar-refractivity contribution in [1.29, 1.82) is 0 Å². The molecular formula is C20H23N10O3P. The summed E-state index contributed by atoms with van der Waals surface area (Å²) in [5.41, 5.74) is 12.7. The van der Waals surface area contributed by atoms with E-state index >= 15 is 0 Å². The molecule has 2 fully saturated rings. The minimum atomic E-state index is -3.61. The van der Waals surface area contributed by atoms with Crippen molar-refractivity contribution < 1.29 is 13.6 Å². The van der Waals surface area contributed by atoms with E-state index in [0.29, 0.717) is 47.1 Å². The molecule has 14 heteroatoms. The number of nitrogens with two attached hydrogens (primary N) is 2. The summed E-state index contributed by atoms with van der Waals surface area (Å²) in [7, 11) is -3.61. The summed E-state index contributed by atoms with van der Waals surface area (Å²) >= 11 is 0. The highest BCUT2D eigenvalue weighted by atomic mass is 31.2. The number of nitrogens with zero attached hydrogens (tertiary/aromatic N) is 8. The Morgan fingerprint density at radius 3 is 1.68 bits per heavy atom. The Hall–Kier alpha value is -3.41. The van der Waals surface area contributed by atoms with E-state index in [1.165, 1.54) is 18.5 Å². The van der Waals surface area contributed by atoms with Gasteiger partial charge in [0.05, 0.1) is 36.9 Å². The Morgan fingerprint density at radius 1 is 0.853 bits per heavy atom. The third-order valence-electron chi connectivity index (χ3n) is 6.26. The molecule has 0 radical (unpaired) electrons. The van der Waals surface area contributed by atoms with Crippen LogP contribution >= 0.6 is 7.60 Å². The van der Waals surface area contributed by atoms with Gasteiger partial charge in [0.15, 0.2) is 22.9 Å². The van der Waals surface area contributed by atoms with Crippen LogP contribution < -0.4 is 11.5 Å². The van der Waals surface area contributed by atoms with Crippen LogP contribution in [0.5, 0.6) is 0 Å². The first kappa shape index (κ1) is 21.1. The minimum absolute atomic E-state index is 0.310. The van der Waals surface area contributed by atoms with E-state index in [2.05, 4.69) is 36.5 Å². The number of rotatable bonds is 9. The largest absolute Gasteiger partial charge is 0.382 e. The zero-order valence-electron chi connectivity index (χ0n) is 18.2. The fraction of sp³-hybridized carbons (Fsp3) is 0.400. The van der Waals surface area contributed by atoms with Crippen LogP contribution in [0.3, 0.4) is 0 Å². The molecule has 6 rings (SSSR count). The molecule has 0 spiro atoms. The Morgan fingerprint density at radius 2 is 1.29 bits per heavy atom. The molecule has 0 aromatic carbocycles. The Bertz CT molecular complexity index is 1370. The molecule has 4 aromatic rings. The molecule has 0 unspecified atom stereocenters. The number of nitrogen functional groups attached to an aromatic ring is 2. The molecule has 0 aliphatic heterocycles. The summed E-state index contributed by atoms with van der Waals surface area (Å²) in [4.78, 5) is 25.1. The number of anilines is 2. The second-order valence-electron chi connectivity index (χ2n) is 8.88. The fourth-order valence-electron chi connectivity index (χ4n) is 4.12. The van der Waals surface area contributed by atoms with Crippen LogP contribution in [0.4, 0.5) is 11.6 Å². The molecule has 4 aromatic heterocycles. The van der Waals surface area contributed by atoms with Crippen molar-refractivity contribution in [3.8, 4) is 0 Å². The second-order valence-corrected chi connectivity index (χ2v) is 10.7. The van der Waals surface area contributed by atoms with Crippen molar-refractivity contribution >= 4 is 41.6 Å². The van der Waals surface area contributed by atoms with E-state index in [0.717, 1.165) is 25.7 Å². The maximum absolute atomic E-state index is 13.7. The average molecular weight is 482 g/mol. The standard InChI is InChI=1S/C20H23N10O3P/c1-2-34(31,32-19(3-4-19)7-29-11-27-13-15(21)23-9-25-17(13)29)33-20(5-6-20)8-30-12-28-14-16(22)24-10-26-18(14)30/h2,9-12H,1,3-8H2,(H2,21,23,25)(H2,22,24,26). The topological polar surface area (TPSA) is 175 Å². The SMILES string of the molecule is C=CP(=O)(OC1(Cn2cnc3c(N)ncnc32)CC1)OC1(Cn2cnc3c(N)ncnc32)CC1. The van der Waals surface area contributed by atoms with E-state index in [1.807, 2.05) is 9.13 Å². The first-order valence-corrected chi connectivity index (χ1v) is 12.4. The van der Waals surface area contributed by atoms with Crippen molar-refractivity contribution in [2.24, 2.45) is 0 Å². The summed E-state index contributed by atoms with van der Waals surface area (Å²) in [6.07, 6.45) is 8.96. The lowest BCUT2D eigenvalue weighted by molar-refractivity contribution is 0.0801. The lowest BCUT2D eigenvalue weighted by Crippen LogP contribution is -2.25. The van der Waals surface area contributed by atoms with Crippen molar-refractivity contribution in [2.75, 3.05) is 11.5 Å². The van der Waals surface area contributed by atoms with Gasteiger partial charge in [0, 0.05) is 5.82 Å². The quantitative estimate of drug-likeness (QED) is 0.335. The minimum Gasteiger partial charge on any atom is -0.382 e. The predicted molar refractivity (Wildman–Crippen MR) is 123 cm³/mol. The van der Waals surface area contributed by atoms with Gasteiger partial charge in [-0.15, -0.1) is 0 Å². The van der Waals surface area contributed by atoms with E-state index in [9.17, 15) is 4.57 Å². The van der Waals surface area contributed by atoms with Gasteiger partial charge in [0.1, 0.15) is 23.7 Å². The first-order valence-electron chi connectivity index (χ1n) is 10.8. The van der Waals surface area contributed by atoms with Gasteiger partial charge in [0.25, 0.3) is 0 Å². The summed E-state index contributed by atoms with van der Waals surface area (Å²) in [6, 6.07) is 0. The number of hydrogen-bond acceptors (Lipinski definition) is 11. The molecule has 0 bridgehead atoms. The number of aromatic nitrogens is 8. The molecule has 13 nitrogen and oxygen atoms in total. The summed E-state index contributed by atoms with van der Waals surface area (Å²) in [5.74, 6) is 1.90. The van der Waals surface area contributed by atoms with E-state index in [1.54, 1.807) is 12.7 Å². The highest BCUT2D eigenvalue weighted by molar-refractivity contribution is 7.57. The van der Waals surface area contributed by atoms with Gasteiger partial charge >= 0.3 is 7.60 Å². The van der Waals surface area contributed by atoms with Crippen LogP contribution in [0.15, 0.2) is 37.7 Å². The van der Waals surface area contributed by atoms with Crippen LogP contribution in [-0.2, 0) is 26.7 Å². The number of imidazole rings is 2. The zero-order chi connectivity index (χ0) is 23.6. The number of fused-ring (bicyclic) bond motifs is 2. The van der Waals surface area contributed by atoms with Crippen LogP contribution in [0.25, 0.3) is 22.3 Å². The lowest BCUT2D eigenvalue weighted by Gasteiger charge is -2.27. The van der Waals surface area contributed by atoms with Crippen molar-refractivity contribution in [3.63, 3.8) is 0 Å². The summed E-state index contributed by atoms with van der Waals surface area (Å²) in [6.45, 7) is 4.57. The van der Waals surface area contributed by atoms with E-state index < -0.39 is 18.8 Å². The van der Waals surface area contributed by atoms with Crippen LogP contribution in [0.2, 0.25) is 0 Å². The van der Waals surface area contributed by atoms with Gasteiger partial charge in [0.2, 0.25) is 0 Å². The van der Waals surface area contributed by atoms with Gasteiger partial charge in [-0.1, -0.05) is 6.58 Å². The molecule has 2 saturated carbocycles. The van der Waals surface area contributed by atoms with E-state index in [-0.39, 0.29) is 0 Å². The molecule has 0 atom stereocenters. The smallest absolute Gasteiger partial charge is 0.354 e. The molecule has 0 saturated heterocycles. The van der Waals surface area contributed by atoms with Gasteiger partial charge in [-0.25, -0.2) is 29.9 Å². The monoisotopic (exact) mass is 482 g/mol. The highest BCUT2D eigenvalue weighted by Crippen LogP contribution is 2.64. The first-order chi connectivity index (χ1) is 16.3. The third kappa shape index (κ3) is 3.61. The van der Waals surface area contributed by atoms with Gasteiger partial charge in [-0.05, 0) is 25.7 Å². The Labute approximate surface area is 193 Å². The van der Waals surface area contributed by atoms with Crippen molar-refractivity contribution in [2.45, 2.75) is 50.0 Å². The average Bonchev–Trinajstić information content (AvgIpc) is 3.65. The summed E-state index contributed by atoms with van der Waals surface area (Å²) < 4.78 is 29.7. The highest BCUT2D eigenvalue weighted by Gasteiger charge is 2.54. The lowest BCUT2D eigenvalue weighted by atomic mass is 10.3. The summed E-state index contributed by atoms with van der Waals surface area (Å²) in [5, 5.41) is 0. The molecule has 0 amide bonds. The molecular weight excluding hydrogens is 459 g/mol. The molecule has 4 heterocycles. The second kappa shape index (κ2) is 7.29. The maximum Gasteiger partial charge on any atom is 0.354 e. The van der Waals surface area contributed by atoms with Gasteiger partial charge in [-0.3, -0.25) is 13.6 Å². The molecule has 2 aliphatic carbocycles. The van der Waals surface area contributed by atoms with Crippen LogP contribution in [0.1, 0.15) is 25.7 Å². The van der Waals surface area contributed by atoms with Crippen LogP contribution in [0, 0.1) is 0 Å². The van der Waals surface area contributed by atoms with E-state index in [4.69, 9.17) is 20.5 Å². The Balaban J connectivity index is 1.21. The van der Waals surface area contributed by atoms with Crippen molar-refractivity contribution in [3.05, 3.63) is 37.7 Å². The van der Waals surface area contributed by atoms with Gasteiger partial charge in [-0.2, -0.15) is 0 Å². The number of hydrogen-bond donors (Lipinski definition) is 2. The molecule has 176 valence electrons. The fourth-order valence-corrected chi connectivity index (χ4v) is 5.86.